The topological polar surface area (TPSA) is 87.7 Å². The Kier molecular flexibility index (Phi) is 10.4. The molecule has 0 aliphatic carbocycles. The van der Waals surface area contributed by atoms with Gasteiger partial charge >= 0.3 is 6.09 Å². The van der Waals surface area contributed by atoms with Gasteiger partial charge in [0, 0.05) is 5.54 Å². The molecular weight excluding hydrogens is 502 g/mol. The molecule has 0 saturated heterocycles. The average molecular weight is 544 g/mol. The second kappa shape index (κ2) is 12.7. The van der Waals surface area contributed by atoms with Gasteiger partial charge in [0.1, 0.15) is 17.7 Å². The molecule has 7 nitrogen and oxygen atoms in total. The molecule has 3 atom stereocenters. The van der Waals surface area contributed by atoms with Crippen LogP contribution in [-0.2, 0) is 14.3 Å². The van der Waals surface area contributed by atoms with Gasteiger partial charge in [0.2, 0.25) is 5.91 Å². The predicted molar refractivity (Wildman–Crippen MR) is 153 cm³/mol. The number of para-hydroxylation sites is 1. The van der Waals surface area contributed by atoms with Crippen molar-refractivity contribution in [3.63, 3.8) is 0 Å². The molecule has 0 heterocycles. The molecule has 2 aromatic carbocycles. The molecule has 0 bridgehead atoms. The van der Waals surface area contributed by atoms with Gasteiger partial charge in [-0.25, -0.2) is 4.79 Å². The molecule has 0 saturated carbocycles. The molecule has 0 radical (unpaired) electrons. The van der Waals surface area contributed by atoms with E-state index in [-0.39, 0.29) is 11.8 Å². The van der Waals surface area contributed by atoms with Crippen molar-refractivity contribution in [3.8, 4) is 0 Å². The van der Waals surface area contributed by atoms with E-state index in [0.717, 1.165) is 5.56 Å². The van der Waals surface area contributed by atoms with Gasteiger partial charge in [-0.05, 0) is 71.6 Å². The Hall–Kier alpha value is -3.06. The quantitative estimate of drug-likeness (QED) is 0.379. The second-order valence-corrected chi connectivity index (χ2v) is 12.0. The van der Waals surface area contributed by atoms with E-state index in [1.54, 1.807) is 31.7 Å². The van der Waals surface area contributed by atoms with Gasteiger partial charge in [0.25, 0.3) is 5.91 Å². The molecule has 38 heavy (non-hydrogen) atoms. The third-order valence-corrected chi connectivity index (χ3v) is 6.52. The first-order valence-electron chi connectivity index (χ1n) is 13.0. The Morgan fingerprint density at radius 3 is 2.08 bits per heavy atom. The number of ether oxygens (including phenoxy) is 1. The van der Waals surface area contributed by atoms with E-state index in [0.29, 0.717) is 22.7 Å². The van der Waals surface area contributed by atoms with Crippen LogP contribution in [0.15, 0.2) is 48.5 Å². The van der Waals surface area contributed by atoms with Gasteiger partial charge < -0.3 is 20.3 Å². The van der Waals surface area contributed by atoms with Gasteiger partial charge in [-0.2, -0.15) is 0 Å². The van der Waals surface area contributed by atoms with Gasteiger partial charge in [0.15, 0.2) is 0 Å². The van der Waals surface area contributed by atoms with Crippen molar-refractivity contribution >= 4 is 35.2 Å². The Labute approximate surface area is 232 Å². The maximum Gasteiger partial charge on any atom is 0.408 e. The van der Waals surface area contributed by atoms with Crippen molar-refractivity contribution in [2.75, 3.05) is 5.32 Å². The van der Waals surface area contributed by atoms with Crippen LogP contribution in [0.4, 0.5) is 10.5 Å². The fourth-order valence-electron chi connectivity index (χ4n) is 4.15. The summed E-state index contributed by atoms with van der Waals surface area (Å²) in [7, 11) is 0. The summed E-state index contributed by atoms with van der Waals surface area (Å²) >= 11 is 6.42. The van der Waals surface area contributed by atoms with E-state index >= 15 is 0 Å². The first kappa shape index (κ1) is 31.2. The van der Waals surface area contributed by atoms with Crippen LogP contribution in [0, 0.1) is 12.8 Å². The van der Waals surface area contributed by atoms with Gasteiger partial charge in [-0.3, -0.25) is 9.59 Å². The van der Waals surface area contributed by atoms with E-state index in [2.05, 4.69) is 10.6 Å². The highest BCUT2D eigenvalue weighted by Gasteiger charge is 2.43. The van der Waals surface area contributed by atoms with E-state index in [1.165, 1.54) is 0 Å². The minimum absolute atomic E-state index is 0.217. The number of halogens is 1. The first-order valence-corrected chi connectivity index (χ1v) is 13.4. The predicted octanol–water partition coefficient (Wildman–Crippen LogP) is 6.89. The molecule has 0 aliphatic rings. The van der Waals surface area contributed by atoms with Crippen molar-refractivity contribution in [1.82, 2.24) is 10.2 Å². The van der Waals surface area contributed by atoms with Crippen LogP contribution < -0.4 is 10.6 Å². The van der Waals surface area contributed by atoms with Gasteiger partial charge in [-0.15, -0.1) is 0 Å². The van der Waals surface area contributed by atoms with E-state index in [1.807, 2.05) is 84.0 Å². The Bertz CT molecular complexity index is 1100. The number of rotatable bonds is 8. The molecule has 8 heteroatoms. The lowest BCUT2D eigenvalue weighted by Crippen LogP contribution is -2.59. The Balaban J connectivity index is 2.61. The maximum atomic E-state index is 14.3. The highest BCUT2D eigenvalue weighted by atomic mass is 35.5. The molecule has 2 N–H and O–H groups in total. The number of amides is 3. The Morgan fingerprint density at radius 2 is 1.58 bits per heavy atom. The normalized spacial score (nSPS) is 14.2. The van der Waals surface area contributed by atoms with Crippen LogP contribution in [-0.4, -0.2) is 40.0 Å². The average Bonchev–Trinajstić information content (AvgIpc) is 2.81. The number of hydrogen-bond acceptors (Lipinski definition) is 4. The van der Waals surface area contributed by atoms with E-state index in [9.17, 15) is 14.4 Å². The summed E-state index contributed by atoms with van der Waals surface area (Å²) in [4.78, 5) is 42.7. The number of benzene rings is 2. The molecule has 0 aromatic heterocycles. The second-order valence-electron chi connectivity index (χ2n) is 11.6. The summed E-state index contributed by atoms with van der Waals surface area (Å²) < 4.78 is 5.46. The summed E-state index contributed by atoms with van der Waals surface area (Å²) in [6, 6.07) is 12.6. The molecule has 0 fully saturated rings. The highest BCUT2D eigenvalue weighted by molar-refractivity contribution is 6.34. The van der Waals surface area contributed by atoms with Crippen LogP contribution in [0.2, 0.25) is 5.02 Å². The SMILES string of the molecule is CCC(C)C(NC(=O)OC(C)(C)C)C(=O)N(C(C(=O)Nc1c(C)cccc1Cl)c1ccccc1)C(C)(C)C. The third kappa shape index (κ3) is 8.22. The number of carbonyl (C=O) groups is 3. The summed E-state index contributed by atoms with van der Waals surface area (Å²) in [5, 5.41) is 6.15. The standard InChI is InChI=1S/C30H42ClN3O4/c1-10-19(2)24(33-28(37)38-30(7,8)9)27(36)34(29(4,5)6)25(21-16-12-11-13-17-21)26(35)32-23-20(3)15-14-18-22(23)31/h11-19,24-25H,10H2,1-9H3,(H,32,35)(H,33,37). The smallest absolute Gasteiger partial charge is 0.408 e. The fourth-order valence-corrected chi connectivity index (χ4v) is 4.42. The summed E-state index contributed by atoms with van der Waals surface area (Å²) in [5.41, 5.74) is 0.419. The minimum atomic E-state index is -0.994. The van der Waals surface area contributed by atoms with Gasteiger partial charge in [0.05, 0.1) is 10.7 Å². The van der Waals surface area contributed by atoms with Crippen LogP contribution in [0.5, 0.6) is 0 Å². The molecule has 3 unspecified atom stereocenters. The zero-order chi connectivity index (χ0) is 28.8. The van der Waals surface area contributed by atoms with Crippen LogP contribution >= 0.6 is 11.6 Å². The molecule has 0 spiro atoms. The number of aryl methyl sites for hydroxylation is 1. The lowest BCUT2D eigenvalue weighted by atomic mass is 9.91. The number of nitrogens with zero attached hydrogens (tertiary/aromatic N) is 1. The zero-order valence-electron chi connectivity index (χ0n) is 24.0. The lowest BCUT2D eigenvalue weighted by Gasteiger charge is -2.44. The van der Waals surface area contributed by atoms with Crippen molar-refractivity contribution in [3.05, 3.63) is 64.7 Å². The van der Waals surface area contributed by atoms with Gasteiger partial charge in [-0.1, -0.05) is 74.3 Å². The molecule has 0 aliphatic heterocycles. The van der Waals surface area contributed by atoms with Crippen LogP contribution in [0.3, 0.4) is 0 Å². The van der Waals surface area contributed by atoms with Crippen molar-refractivity contribution in [2.45, 2.75) is 92.0 Å². The third-order valence-electron chi connectivity index (χ3n) is 6.20. The minimum Gasteiger partial charge on any atom is -0.444 e. The molecule has 2 aromatic rings. The van der Waals surface area contributed by atoms with Crippen molar-refractivity contribution in [1.29, 1.82) is 0 Å². The number of nitrogens with one attached hydrogen (secondary N) is 2. The summed E-state index contributed by atoms with van der Waals surface area (Å²) in [6.45, 7) is 16.6. The van der Waals surface area contributed by atoms with Crippen LogP contribution in [0.1, 0.15) is 79.0 Å². The monoisotopic (exact) mass is 543 g/mol. The largest absolute Gasteiger partial charge is 0.444 e. The van der Waals surface area contributed by atoms with E-state index in [4.69, 9.17) is 16.3 Å². The number of carbonyl (C=O) groups excluding carboxylic acids is 3. The highest BCUT2D eigenvalue weighted by Crippen LogP contribution is 2.33. The first-order chi connectivity index (χ1) is 17.6. The van der Waals surface area contributed by atoms with E-state index < -0.39 is 35.2 Å². The number of hydrogen-bond donors (Lipinski definition) is 2. The molecule has 3 amide bonds. The maximum absolute atomic E-state index is 14.3. The Morgan fingerprint density at radius 1 is 0.974 bits per heavy atom. The number of alkyl carbamates (subject to hydrolysis) is 1. The zero-order valence-corrected chi connectivity index (χ0v) is 24.8. The van der Waals surface area contributed by atoms with Crippen molar-refractivity contribution in [2.24, 2.45) is 5.92 Å². The lowest BCUT2D eigenvalue weighted by molar-refractivity contribution is -0.147. The summed E-state index contributed by atoms with van der Waals surface area (Å²) in [6.07, 6.45) is -0.0528. The fraction of sp³-hybridized carbons (Fsp3) is 0.500. The molecule has 208 valence electrons. The van der Waals surface area contributed by atoms with Crippen molar-refractivity contribution < 1.29 is 19.1 Å². The molecular formula is C30H42ClN3O4. The number of anilines is 1. The molecule has 2 rings (SSSR count). The van der Waals surface area contributed by atoms with Crippen LogP contribution in [0.25, 0.3) is 0 Å². The summed E-state index contributed by atoms with van der Waals surface area (Å²) in [5.74, 6) is -1.00.